The van der Waals surface area contributed by atoms with Gasteiger partial charge in [-0.15, -0.1) is 0 Å². The second kappa shape index (κ2) is 4.92. The summed E-state index contributed by atoms with van der Waals surface area (Å²) in [5, 5.41) is 0. The van der Waals surface area contributed by atoms with Crippen molar-refractivity contribution >= 4 is 23.2 Å². The van der Waals surface area contributed by atoms with Gasteiger partial charge in [0.05, 0.1) is 0 Å². The predicted molar refractivity (Wildman–Crippen MR) is 93.2 cm³/mol. The second-order valence-electron chi connectivity index (χ2n) is 5.75. The SMILES string of the molecule is Cc1cc2ccccn2c1C=Cc1c(C)cc2ccccn12. The van der Waals surface area contributed by atoms with E-state index >= 15 is 0 Å². The highest BCUT2D eigenvalue weighted by Crippen LogP contribution is 2.21. The van der Waals surface area contributed by atoms with Crippen molar-refractivity contribution in [3.8, 4) is 0 Å². The van der Waals surface area contributed by atoms with Gasteiger partial charge < -0.3 is 8.80 Å². The first kappa shape index (κ1) is 13.0. The predicted octanol–water partition coefficient (Wildman–Crippen LogP) is 4.98. The molecule has 0 saturated heterocycles. The molecule has 4 aromatic heterocycles. The number of aryl methyl sites for hydroxylation is 2. The Bertz CT molecular complexity index is 917. The third kappa shape index (κ3) is 1.96. The molecule has 0 aliphatic rings. The van der Waals surface area contributed by atoms with Gasteiger partial charge in [-0.2, -0.15) is 0 Å². The quantitative estimate of drug-likeness (QED) is 0.491. The lowest BCUT2D eigenvalue weighted by Crippen LogP contribution is -1.89. The minimum Gasteiger partial charge on any atom is -0.317 e. The average molecular weight is 286 g/mol. The minimum atomic E-state index is 1.23. The molecule has 4 rings (SSSR count). The average Bonchev–Trinajstić information content (AvgIpc) is 3.01. The van der Waals surface area contributed by atoms with Gasteiger partial charge in [-0.05, 0) is 73.5 Å². The first-order valence-corrected chi connectivity index (χ1v) is 7.55. The maximum atomic E-state index is 2.23. The molecule has 0 saturated carbocycles. The van der Waals surface area contributed by atoms with Crippen molar-refractivity contribution in [1.82, 2.24) is 8.80 Å². The van der Waals surface area contributed by atoms with Crippen LogP contribution in [0, 0.1) is 13.8 Å². The number of aromatic nitrogens is 2. The molecule has 0 bridgehead atoms. The molecule has 0 radical (unpaired) electrons. The fraction of sp³-hybridized carbons (Fsp3) is 0.100. The summed E-state index contributed by atoms with van der Waals surface area (Å²) in [6.07, 6.45) is 8.66. The Hall–Kier alpha value is -2.74. The largest absolute Gasteiger partial charge is 0.317 e. The zero-order valence-corrected chi connectivity index (χ0v) is 12.8. The molecule has 4 aromatic rings. The third-order valence-electron chi connectivity index (χ3n) is 4.24. The number of hydrogen-bond donors (Lipinski definition) is 0. The van der Waals surface area contributed by atoms with E-state index in [0.717, 1.165) is 0 Å². The fourth-order valence-electron chi connectivity index (χ4n) is 3.14. The maximum Gasteiger partial charge on any atom is 0.0486 e. The zero-order valence-electron chi connectivity index (χ0n) is 12.8. The van der Waals surface area contributed by atoms with E-state index in [1.165, 1.54) is 33.5 Å². The van der Waals surface area contributed by atoms with Crippen molar-refractivity contribution < 1.29 is 0 Å². The molecule has 0 unspecified atom stereocenters. The number of nitrogens with zero attached hydrogens (tertiary/aromatic N) is 2. The summed E-state index contributed by atoms with van der Waals surface area (Å²) in [5.41, 5.74) is 7.52. The van der Waals surface area contributed by atoms with Crippen LogP contribution in [0.4, 0.5) is 0 Å². The summed E-state index contributed by atoms with van der Waals surface area (Å²) in [6.45, 7) is 4.32. The van der Waals surface area contributed by atoms with Crippen LogP contribution in [0.25, 0.3) is 23.2 Å². The fourth-order valence-corrected chi connectivity index (χ4v) is 3.14. The van der Waals surface area contributed by atoms with Crippen molar-refractivity contribution in [3.05, 3.63) is 83.4 Å². The van der Waals surface area contributed by atoms with Crippen LogP contribution in [0.15, 0.2) is 60.9 Å². The molecule has 2 nitrogen and oxygen atoms in total. The van der Waals surface area contributed by atoms with Crippen LogP contribution in [0.3, 0.4) is 0 Å². The summed E-state index contributed by atoms with van der Waals surface area (Å²) in [7, 11) is 0. The van der Waals surface area contributed by atoms with Gasteiger partial charge in [0.1, 0.15) is 0 Å². The maximum absolute atomic E-state index is 2.23. The number of rotatable bonds is 2. The highest BCUT2D eigenvalue weighted by molar-refractivity contribution is 5.75. The van der Waals surface area contributed by atoms with Crippen molar-refractivity contribution in [3.63, 3.8) is 0 Å². The Morgan fingerprint density at radius 2 is 1.14 bits per heavy atom. The van der Waals surface area contributed by atoms with Crippen molar-refractivity contribution in [2.45, 2.75) is 13.8 Å². The van der Waals surface area contributed by atoms with E-state index in [1.54, 1.807) is 0 Å². The zero-order chi connectivity index (χ0) is 15.1. The van der Waals surface area contributed by atoms with Gasteiger partial charge in [-0.3, -0.25) is 0 Å². The van der Waals surface area contributed by atoms with Crippen LogP contribution in [0.5, 0.6) is 0 Å². The summed E-state index contributed by atoms with van der Waals surface area (Å²) in [6, 6.07) is 17.0. The molecule has 2 heteroatoms. The van der Waals surface area contributed by atoms with E-state index < -0.39 is 0 Å². The van der Waals surface area contributed by atoms with Crippen LogP contribution in [-0.2, 0) is 0 Å². The van der Waals surface area contributed by atoms with Crippen molar-refractivity contribution in [2.75, 3.05) is 0 Å². The molecule has 0 N–H and O–H groups in total. The molecule has 0 fully saturated rings. The molecule has 0 amide bonds. The van der Waals surface area contributed by atoms with Gasteiger partial charge in [-0.1, -0.05) is 12.1 Å². The Labute approximate surface area is 129 Å². The van der Waals surface area contributed by atoms with Crippen LogP contribution in [0.1, 0.15) is 22.5 Å². The van der Waals surface area contributed by atoms with Gasteiger partial charge in [0.15, 0.2) is 0 Å². The highest BCUT2D eigenvalue weighted by Gasteiger charge is 2.05. The summed E-state index contributed by atoms with van der Waals surface area (Å²) >= 11 is 0. The first-order valence-electron chi connectivity index (χ1n) is 7.55. The topological polar surface area (TPSA) is 8.82 Å². The van der Waals surface area contributed by atoms with Crippen molar-refractivity contribution in [2.24, 2.45) is 0 Å². The normalized spacial score (nSPS) is 11.9. The molecule has 0 aliphatic heterocycles. The smallest absolute Gasteiger partial charge is 0.0486 e. The molecule has 108 valence electrons. The molecular weight excluding hydrogens is 268 g/mol. The van der Waals surface area contributed by atoms with Gasteiger partial charge in [0.2, 0.25) is 0 Å². The molecule has 0 spiro atoms. The first-order chi connectivity index (χ1) is 10.7. The van der Waals surface area contributed by atoms with Gasteiger partial charge in [-0.25, -0.2) is 0 Å². The molecule has 0 aromatic carbocycles. The molecule has 0 aliphatic carbocycles. The van der Waals surface area contributed by atoms with E-state index in [9.17, 15) is 0 Å². The Morgan fingerprint density at radius 3 is 1.59 bits per heavy atom. The van der Waals surface area contributed by atoms with Crippen molar-refractivity contribution in [1.29, 1.82) is 0 Å². The molecule has 0 atom stereocenters. The minimum absolute atomic E-state index is 1.23. The van der Waals surface area contributed by atoms with Crippen LogP contribution in [0.2, 0.25) is 0 Å². The van der Waals surface area contributed by atoms with Crippen LogP contribution >= 0.6 is 0 Å². The summed E-state index contributed by atoms with van der Waals surface area (Å²) in [4.78, 5) is 0. The van der Waals surface area contributed by atoms with E-state index in [-0.39, 0.29) is 0 Å². The Balaban J connectivity index is 1.86. The lowest BCUT2D eigenvalue weighted by Gasteiger charge is -2.01. The van der Waals surface area contributed by atoms with Gasteiger partial charge in [0.25, 0.3) is 0 Å². The number of hydrogen-bond acceptors (Lipinski definition) is 0. The standard InChI is InChI=1S/C20H18N2/c1-15-13-17-7-3-5-11-21(17)19(15)9-10-20-16(2)14-18-8-4-6-12-22(18)20/h3-14H,1-2H3. The van der Waals surface area contributed by atoms with E-state index in [0.29, 0.717) is 0 Å². The van der Waals surface area contributed by atoms with E-state index in [2.05, 4.69) is 95.7 Å². The second-order valence-corrected chi connectivity index (χ2v) is 5.75. The molecule has 4 heterocycles. The number of pyridine rings is 2. The van der Waals surface area contributed by atoms with E-state index in [4.69, 9.17) is 0 Å². The molecular formula is C20H18N2. The van der Waals surface area contributed by atoms with Crippen LogP contribution < -0.4 is 0 Å². The third-order valence-corrected chi connectivity index (χ3v) is 4.24. The monoisotopic (exact) mass is 286 g/mol. The molecule has 22 heavy (non-hydrogen) atoms. The van der Waals surface area contributed by atoms with Gasteiger partial charge >= 0.3 is 0 Å². The summed E-state index contributed by atoms with van der Waals surface area (Å²) < 4.78 is 4.47. The van der Waals surface area contributed by atoms with Crippen LogP contribution in [-0.4, -0.2) is 8.80 Å². The summed E-state index contributed by atoms with van der Waals surface area (Å²) in [5.74, 6) is 0. The van der Waals surface area contributed by atoms with Gasteiger partial charge in [0, 0.05) is 34.8 Å². The lowest BCUT2D eigenvalue weighted by molar-refractivity contribution is 1.15. The number of fused-ring (bicyclic) bond motifs is 2. The van der Waals surface area contributed by atoms with E-state index in [1.807, 2.05) is 0 Å². The Kier molecular flexibility index (Phi) is 2.90. The highest BCUT2D eigenvalue weighted by atomic mass is 14.9. The lowest BCUT2D eigenvalue weighted by atomic mass is 10.2. The Morgan fingerprint density at radius 1 is 0.682 bits per heavy atom.